The lowest BCUT2D eigenvalue weighted by Gasteiger charge is -2.48. The highest BCUT2D eigenvalue weighted by Crippen LogP contribution is 2.33. The van der Waals surface area contributed by atoms with Crippen LogP contribution in [0.2, 0.25) is 0 Å². The van der Waals surface area contributed by atoms with Gasteiger partial charge in [-0.3, -0.25) is 4.79 Å². The lowest BCUT2D eigenvalue weighted by atomic mass is 9.96. The molecular weight excluding hydrogens is 1300 g/mol. The molecule has 102 heavy (non-hydrogen) atoms. The number of aliphatic hydroxyl groups is 11. The number of ether oxygens (including phenoxy) is 6. The Morgan fingerprint density at radius 2 is 0.647 bits per heavy atom. The summed E-state index contributed by atoms with van der Waals surface area (Å²) >= 11 is 0. The number of carbonyl (C=O) groups is 1. The molecule has 1 amide bonds. The summed E-state index contributed by atoms with van der Waals surface area (Å²) in [5, 5.41) is 121. The normalized spacial score (nSPS) is 26.4. The van der Waals surface area contributed by atoms with Gasteiger partial charge in [0.1, 0.15) is 73.2 Å². The fourth-order valence-electron chi connectivity index (χ4n) is 14.1. The Hall–Kier alpha value is -2.25. The minimum Gasteiger partial charge on any atom is -0.394 e. The molecule has 3 rings (SSSR count). The molecule has 0 aromatic heterocycles. The van der Waals surface area contributed by atoms with Crippen LogP contribution in [-0.4, -0.2) is 193 Å². The van der Waals surface area contributed by atoms with Crippen LogP contribution in [0.1, 0.15) is 341 Å². The van der Waals surface area contributed by atoms with Crippen LogP contribution in [0.15, 0.2) is 48.6 Å². The zero-order valence-electron chi connectivity index (χ0n) is 64.1. The van der Waals surface area contributed by atoms with E-state index in [1.165, 1.54) is 257 Å². The van der Waals surface area contributed by atoms with Gasteiger partial charge in [-0.05, 0) is 57.8 Å². The zero-order chi connectivity index (χ0) is 73.9. The predicted molar refractivity (Wildman–Crippen MR) is 406 cm³/mol. The maximum absolute atomic E-state index is 13.5. The third kappa shape index (κ3) is 43.1. The molecule has 0 bridgehead atoms. The first-order valence-electron chi connectivity index (χ1n) is 41.9. The summed E-state index contributed by atoms with van der Waals surface area (Å²) < 4.78 is 34.5. The van der Waals surface area contributed by atoms with E-state index < -0.39 is 124 Å². The van der Waals surface area contributed by atoms with Gasteiger partial charge in [0, 0.05) is 6.42 Å². The molecule has 3 aliphatic rings. The highest BCUT2D eigenvalue weighted by Gasteiger charge is 2.54. The molecule has 17 unspecified atom stereocenters. The molecule has 3 aliphatic heterocycles. The van der Waals surface area contributed by atoms with Crippen molar-refractivity contribution >= 4 is 5.91 Å². The number of allylic oxidation sites excluding steroid dienone is 7. The van der Waals surface area contributed by atoms with E-state index in [4.69, 9.17) is 28.4 Å². The van der Waals surface area contributed by atoms with Crippen molar-refractivity contribution in [3.8, 4) is 0 Å². The molecule has 0 aliphatic carbocycles. The second kappa shape index (κ2) is 63.7. The third-order valence-corrected chi connectivity index (χ3v) is 20.9. The molecule has 12 N–H and O–H groups in total. The number of hydrogen-bond donors (Lipinski definition) is 12. The van der Waals surface area contributed by atoms with E-state index in [2.05, 4.69) is 55.6 Å². The molecule has 19 nitrogen and oxygen atoms in total. The molecule has 19 heteroatoms. The lowest BCUT2D eigenvalue weighted by Crippen LogP contribution is -2.66. The van der Waals surface area contributed by atoms with Crippen LogP contribution in [0.25, 0.3) is 0 Å². The molecule has 598 valence electrons. The first kappa shape index (κ1) is 94.0. The molecule has 0 spiro atoms. The van der Waals surface area contributed by atoms with E-state index in [1.807, 2.05) is 6.08 Å². The smallest absolute Gasteiger partial charge is 0.220 e. The SMILES string of the molecule is CCCCCCC/C=C\C/C=C\C/C=C\CCCCCCCCCCCCCCCCCCCCCCCCCCC(=O)NC(COC1OC(CO)C(OC2OC(CO)C(OC3OC(CO)C(O)C(O)C3O)C(O)C2O)C(O)C1O)C(O)/C=C/CCCCCCCCCCCCCCCCCC. The average Bonchev–Trinajstić information content (AvgIpc) is 0.781. The second-order valence-electron chi connectivity index (χ2n) is 29.9. The largest absolute Gasteiger partial charge is 0.394 e. The van der Waals surface area contributed by atoms with Crippen LogP contribution in [-0.2, 0) is 33.2 Å². The molecule has 0 saturated carbocycles. The highest BCUT2D eigenvalue weighted by atomic mass is 16.8. The average molecular weight is 1450 g/mol. The van der Waals surface area contributed by atoms with Crippen molar-refractivity contribution in [2.45, 2.75) is 446 Å². The number of carbonyl (C=O) groups excluding carboxylic acids is 1. The van der Waals surface area contributed by atoms with Crippen molar-refractivity contribution in [3.63, 3.8) is 0 Å². The third-order valence-electron chi connectivity index (χ3n) is 20.9. The van der Waals surface area contributed by atoms with Crippen LogP contribution in [0, 0.1) is 0 Å². The molecular formula is C83H153NO18. The van der Waals surface area contributed by atoms with Crippen molar-refractivity contribution in [1.29, 1.82) is 0 Å². The number of rotatable bonds is 67. The Bertz CT molecular complexity index is 2030. The van der Waals surface area contributed by atoms with Crippen molar-refractivity contribution in [2.24, 2.45) is 0 Å². The summed E-state index contributed by atoms with van der Waals surface area (Å²) in [5.41, 5.74) is 0. The maximum atomic E-state index is 13.5. The fourth-order valence-corrected chi connectivity index (χ4v) is 14.1. The predicted octanol–water partition coefficient (Wildman–Crippen LogP) is 14.5. The monoisotopic (exact) mass is 1450 g/mol. The molecule has 0 aromatic rings. The minimum atomic E-state index is -1.98. The molecule has 17 atom stereocenters. The Balaban J connectivity index is 1.30. The number of amides is 1. The Kier molecular flexibility index (Phi) is 58.6. The number of hydrogen-bond acceptors (Lipinski definition) is 18. The van der Waals surface area contributed by atoms with Gasteiger partial charge in [-0.15, -0.1) is 0 Å². The topological polar surface area (TPSA) is 307 Å². The van der Waals surface area contributed by atoms with Crippen LogP contribution >= 0.6 is 0 Å². The molecule has 3 saturated heterocycles. The summed E-state index contributed by atoms with van der Waals surface area (Å²) in [6, 6.07) is -0.973. The van der Waals surface area contributed by atoms with Gasteiger partial charge in [-0.2, -0.15) is 0 Å². The zero-order valence-corrected chi connectivity index (χ0v) is 64.1. The van der Waals surface area contributed by atoms with Gasteiger partial charge in [-0.25, -0.2) is 0 Å². The van der Waals surface area contributed by atoms with E-state index in [1.54, 1.807) is 6.08 Å². The van der Waals surface area contributed by atoms with Crippen molar-refractivity contribution in [2.75, 3.05) is 26.4 Å². The fraction of sp³-hybridized carbons (Fsp3) is 0.892. The van der Waals surface area contributed by atoms with Gasteiger partial charge in [-0.1, -0.05) is 326 Å². The van der Waals surface area contributed by atoms with Gasteiger partial charge < -0.3 is 89.9 Å². The van der Waals surface area contributed by atoms with Crippen LogP contribution in [0.5, 0.6) is 0 Å². The molecule has 3 fully saturated rings. The number of aliphatic hydroxyl groups excluding tert-OH is 11. The minimum absolute atomic E-state index is 0.247. The number of nitrogens with one attached hydrogen (secondary N) is 1. The van der Waals surface area contributed by atoms with Crippen molar-refractivity contribution in [3.05, 3.63) is 48.6 Å². The van der Waals surface area contributed by atoms with Gasteiger partial charge in [0.2, 0.25) is 5.91 Å². The van der Waals surface area contributed by atoms with Crippen molar-refractivity contribution in [1.82, 2.24) is 5.32 Å². The molecule has 3 heterocycles. The summed E-state index contributed by atoms with van der Waals surface area (Å²) in [5.74, 6) is -0.269. The number of unbranched alkanes of at least 4 members (excludes halogenated alkanes) is 45. The lowest BCUT2D eigenvalue weighted by molar-refractivity contribution is -0.379. The van der Waals surface area contributed by atoms with E-state index in [-0.39, 0.29) is 18.9 Å². The highest BCUT2D eigenvalue weighted by molar-refractivity contribution is 5.76. The first-order valence-corrected chi connectivity index (χ1v) is 41.9. The standard InChI is InChI=1S/C83H153NO18/c1-3-5-7-9-11-13-15-17-19-21-23-24-25-26-27-28-29-30-31-32-33-34-35-36-37-38-39-40-41-42-43-45-47-49-51-53-55-57-59-61-71(89)84-66(67(88)60-58-56-54-52-50-48-46-44-22-20-18-16-14-12-10-8-6-4-2)65-97-81-77(95)74(92)79(69(63-86)99-81)102-83-78(96)75(93)80(70(64-87)100-83)101-82-76(94)73(91)72(90)68(62-85)98-82/h15,17,21,23,25-26,58,60,66-70,72-83,85-88,90-96H,3-14,16,18-20,22,24,27-57,59,61-65H2,1-2H3,(H,84,89)/b17-15-,23-21-,26-25-,60-58+. The Labute approximate surface area is 618 Å². The first-order chi connectivity index (χ1) is 49.8. The van der Waals surface area contributed by atoms with Gasteiger partial charge in [0.15, 0.2) is 18.9 Å². The van der Waals surface area contributed by atoms with Gasteiger partial charge >= 0.3 is 0 Å². The van der Waals surface area contributed by atoms with Gasteiger partial charge in [0.05, 0.1) is 38.6 Å². The van der Waals surface area contributed by atoms with Crippen LogP contribution in [0.3, 0.4) is 0 Å². The van der Waals surface area contributed by atoms with E-state index in [0.717, 1.165) is 57.8 Å². The van der Waals surface area contributed by atoms with Crippen LogP contribution < -0.4 is 5.32 Å². The molecule has 0 radical (unpaired) electrons. The van der Waals surface area contributed by atoms with Crippen LogP contribution in [0.4, 0.5) is 0 Å². The Morgan fingerprint density at radius 1 is 0.353 bits per heavy atom. The second-order valence-corrected chi connectivity index (χ2v) is 29.9. The Morgan fingerprint density at radius 3 is 1.01 bits per heavy atom. The van der Waals surface area contributed by atoms with Crippen molar-refractivity contribution < 1.29 is 89.4 Å². The maximum Gasteiger partial charge on any atom is 0.220 e. The summed E-state index contributed by atoms with van der Waals surface area (Å²) in [7, 11) is 0. The van der Waals surface area contributed by atoms with E-state index in [9.17, 15) is 61.0 Å². The molecule has 0 aromatic carbocycles. The summed E-state index contributed by atoms with van der Waals surface area (Å²) in [4.78, 5) is 13.5. The summed E-state index contributed by atoms with van der Waals surface area (Å²) in [6.45, 7) is 1.76. The summed E-state index contributed by atoms with van der Waals surface area (Å²) in [6.07, 6.45) is 54.0. The van der Waals surface area contributed by atoms with Gasteiger partial charge in [0.25, 0.3) is 0 Å². The quantitative estimate of drug-likeness (QED) is 0.0199. The van der Waals surface area contributed by atoms with E-state index in [0.29, 0.717) is 6.42 Å². The van der Waals surface area contributed by atoms with E-state index >= 15 is 0 Å².